The molecule has 7 heteroatoms. The first-order valence-corrected chi connectivity index (χ1v) is 8.58. The Bertz CT molecular complexity index is 1050. The second kappa shape index (κ2) is 7.30. The van der Waals surface area contributed by atoms with Crippen molar-refractivity contribution < 1.29 is 42.9 Å². The Hall–Kier alpha value is -2.42. The highest BCUT2D eigenvalue weighted by Crippen LogP contribution is 2.30. The number of carbonyl (C=O) groups is 2. The Kier molecular flexibility index (Phi) is 5.23. The van der Waals surface area contributed by atoms with Crippen molar-refractivity contribution in [2.24, 2.45) is 7.05 Å². The van der Waals surface area contributed by atoms with Gasteiger partial charge in [-0.3, -0.25) is 9.59 Å². The fraction of sp³-hybridized carbons (Fsp3) is 0.250. The quantitative estimate of drug-likeness (QED) is 0.333. The van der Waals surface area contributed by atoms with Gasteiger partial charge in [-0.15, -0.1) is 0 Å². The highest BCUT2D eigenvalue weighted by atomic mass is 127. The van der Waals surface area contributed by atoms with Crippen LogP contribution in [0, 0.1) is 0 Å². The lowest BCUT2D eigenvalue weighted by Crippen LogP contribution is -3.00. The normalized spacial score (nSPS) is 15.4. The van der Waals surface area contributed by atoms with Gasteiger partial charge in [0.2, 0.25) is 0 Å². The Morgan fingerprint density at radius 1 is 1.33 bits per heavy atom. The third-order valence-electron chi connectivity index (χ3n) is 4.95. The number of rotatable bonds is 3. The summed E-state index contributed by atoms with van der Waals surface area (Å²) in [6.45, 7) is 2.58. The van der Waals surface area contributed by atoms with Gasteiger partial charge in [0.05, 0.1) is 20.7 Å². The number of ether oxygens (including phenoxy) is 1. The molecule has 0 fully saturated rings. The molecule has 1 aliphatic heterocycles. The van der Waals surface area contributed by atoms with Crippen molar-refractivity contribution in [1.82, 2.24) is 9.47 Å². The molecular formula is C20H20IN3O3. The van der Waals surface area contributed by atoms with E-state index >= 15 is 0 Å². The van der Waals surface area contributed by atoms with E-state index in [2.05, 4.69) is 0 Å². The topological polar surface area (TPSA) is 55.4 Å². The molecule has 27 heavy (non-hydrogen) atoms. The van der Waals surface area contributed by atoms with E-state index in [-0.39, 0.29) is 35.8 Å². The second-order valence-electron chi connectivity index (χ2n) is 6.33. The summed E-state index contributed by atoms with van der Waals surface area (Å²) in [5, 5.41) is 0. The summed E-state index contributed by atoms with van der Waals surface area (Å²) < 4.78 is 9.07. The lowest BCUT2D eigenvalue weighted by atomic mass is 10.0. The van der Waals surface area contributed by atoms with E-state index in [4.69, 9.17) is 4.74 Å². The predicted octanol–water partition coefficient (Wildman–Crippen LogP) is -0.749. The second-order valence-corrected chi connectivity index (χ2v) is 6.33. The Balaban J connectivity index is 0.00000210. The van der Waals surface area contributed by atoms with Crippen molar-refractivity contribution in [3.05, 3.63) is 59.6 Å². The summed E-state index contributed by atoms with van der Waals surface area (Å²) in [5.74, 6) is 0.608. The number of aryl methyl sites for hydroxylation is 2. The smallest absolute Gasteiger partial charge is 0.349 e. The van der Waals surface area contributed by atoms with Crippen LogP contribution in [0.15, 0.2) is 53.8 Å². The summed E-state index contributed by atoms with van der Waals surface area (Å²) in [7, 11) is 3.46. The van der Waals surface area contributed by atoms with E-state index in [0.717, 1.165) is 22.4 Å². The Morgan fingerprint density at radius 3 is 2.78 bits per heavy atom. The first-order valence-electron chi connectivity index (χ1n) is 8.58. The van der Waals surface area contributed by atoms with Gasteiger partial charge in [0, 0.05) is 17.8 Å². The van der Waals surface area contributed by atoms with Crippen LogP contribution >= 0.6 is 0 Å². The van der Waals surface area contributed by atoms with Crippen LogP contribution in [0.5, 0.6) is 5.75 Å². The maximum atomic E-state index is 13.3. The summed E-state index contributed by atoms with van der Waals surface area (Å²) >= 11 is 0. The van der Waals surface area contributed by atoms with Crippen LogP contribution < -0.4 is 33.3 Å². The molecular weight excluding hydrogens is 457 g/mol. The first kappa shape index (κ1) is 19.3. The zero-order valence-corrected chi connectivity index (χ0v) is 17.6. The minimum absolute atomic E-state index is 0. The van der Waals surface area contributed by atoms with Gasteiger partial charge in [-0.05, 0) is 37.1 Å². The zero-order valence-electron chi connectivity index (χ0n) is 15.4. The highest BCUT2D eigenvalue weighted by molar-refractivity contribution is 6.14. The van der Waals surface area contributed by atoms with E-state index in [1.54, 1.807) is 19.4 Å². The van der Waals surface area contributed by atoms with Crippen LogP contribution in [0.3, 0.4) is 0 Å². The number of allylic oxidation sites excluding steroid dienone is 3. The van der Waals surface area contributed by atoms with Gasteiger partial charge in [0.15, 0.2) is 11.0 Å². The number of fused-ring (bicyclic) bond motifs is 2. The van der Waals surface area contributed by atoms with E-state index in [0.29, 0.717) is 24.4 Å². The van der Waals surface area contributed by atoms with Crippen LogP contribution in [-0.4, -0.2) is 28.4 Å². The van der Waals surface area contributed by atoms with Gasteiger partial charge >= 0.3 is 11.7 Å². The third kappa shape index (κ3) is 2.90. The first-order chi connectivity index (χ1) is 12.6. The van der Waals surface area contributed by atoms with E-state index in [1.807, 2.05) is 53.5 Å². The van der Waals surface area contributed by atoms with Crippen molar-refractivity contribution in [2.45, 2.75) is 19.9 Å². The van der Waals surface area contributed by atoms with Gasteiger partial charge in [-0.1, -0.05) is 12.2 Å². The molecule has 1 aromatic heterocycles. The van der Waals surface area contributed by atoms with Crippen LogP contribution in [0.25, 0.3) is 11.0 Å². The fourth-order valence-electron chi connectivity index (χ4n) is 3.63. The number of methoxy groups -OCH3 is 1. The Morgan fingerprint density at radius 2 is 2.11 bits per heavy atom. The minimum Gasteiger partial charge on any atom is -1.00 e. The number of hydrogen-bond acceptors (Lipinski definition) is 3. The number of imide groups is 1. The van der Waals surface area contributed by atoms with Crippen LogP contribution in [0.4, 0.5) is 0 Å². The molecule has 0 N–H and O–H groups in total. The molecule has 2 aromatic rings. The molecule has 0 unspecified atom stereocenters. The minimum atomic E-state index is -0.322. The maximum Gasteiger partial charge on any atom is 0.349 e. The number of carbonyl (C=O) groups excluding carboxylic acids is 2. The number of nitrogens with zero attached hydrogens (tertiary/aromatic N) is 3. The van der Waals surface area contributed by atoms with E-state index in [9.17, 15) is 9.59 Å². The zero-order chi connectivity index (χ0) is 18.4. The number of hydrogen-bond donors (Lipinski definition) is 0. The number of imidazole rings is 1. The summed E-state index contributed by atoms with van der Waals surface area (Å²) in [6, 6.07) is 5.70. The molecule has 0 bridgehead atoms. The molecule has 4 rings (SSSR count). The van der Waals surface area contributed by atoms with Crippen molar-refractivity contribution >= 4 is 22.8 Å². The van der Waals surface area contributed by atoms with Gasteiger partial charge in [-0.2, -0.15) is 0 Å². The maximum absolute atomic E-state index is 13.3. The van der Waals surface area contributed by atoms with Crippen molar-refractivity contribution in [1.29, 1.82) is 0 Å². The molecule has 6 nitrogen and oxygen atoms in total. The standard InChI is InChI=1S/C20H20N3O3.HI/c1-4-22-17-11-14(26-3)9-10-16(17)21(2)18(22)20(25)23-12-13-7-5-6-8-15(13)19(23)24;/h5-6,8-12H,4,7H2,1-3H3;1H/q+1;/p-1. The number of benzene rings is 1. The molecule has 0 saturated heterocycles. The van der Waals surface area contributed by atoms with E-state index in [1.165, 1.54) is 4.90 Å². The van der Waals surface area contributed by atoms with E-state index < -0.39 is 0 Å². The Labute approximate surface area is 174 Å². The van der Waals surface area contributed by atoms with Gasteiger partial charge in [-0.25, -0.2) is 14.0 Å². The molecule has 0 radical (unpaired) electrons. The van der Waals surface area contributed by atoms with Crippen molar-refractivity contribution in [3.8, 4) is 5.75 Å². The van der Waals surface area contributed by atoms with Gasteiger partial charge in [0.1, 0.15) is 5.75 Å². The molecule has 1 aliphatic carbocycles. The lowest BCUT2D eigenvalue weighted by molar-refractivity contribution is -0.648. The molecule has 2 aliphatic rings. The number of halogens is 1. The highest BCUT2D eigenvalue weighted by Gasteiger charge is 2.39. The lowest BCUT2D eigenvalue weighted by Gasteiger charge is -2.10. The third-order valence-corrected chi connectivity index (χ3v) is 4.95. The summed E-state index contributed by atoms with van der Waals surface area (Å²) in [5.41, 5.74) is 3.29. The average Bonchev–Trinajstić information content (AvgIpc) is 3.15. The van der Waals surface area contributed by atoms with Crippen LogP contribution in [-0.2, 0) is 18.4 Å². The van der Waals surface area contributed by atoms with Gasteiger partial charge < -0.3 is 28.7 Å². The van der Waals surface area contributed by atoms with Crippen molar-refractivity contribution in [2.75, 3.05) is 7.11 Å². The van der Waals surface area contributed by atoms with Crippen molar-refractivity contribution in [3.63, 3.8) is 0 Å². The molecule has 2 amide bonds. The number of amides is 2. The molecule has 140 valence electrons. The molecule has 0 atom stereocenters. The van der Waals surface area contributed by atoms with Crippen LogP contribution in [0.2, 0.25) is 0 Å². The average molecular weight is 477 g/mol. The SMILES string of the molecule is CCn1c(C(=O)N2C=C3CC=CC=C3C2=O)[n+](C)c2ccc(OC)cc21.[I-]. The van der Waals surface area contributed by atoms with Gasteiger partial charge in [0.25, 0.3) is 5.91 Å². The molecule has 0 saturated carbocycles. The van der Waals surface area contributed by atoms with Crippen LogP contribution in [0.1, 0.15) is 24.0 Å². The largest absolute Gasteiger partial charge is 1.00 e. The fourth-order valence-corrected chi connectivity index (χ4v) is 3.63. The molecule has 2 heterocycles. The monoisotopic (exact) mass is 477 g/mol. The molecule has 0 spiro atoms. The summed E-state index contributed by atoms with van der Waals surface area (Å²) in [6.07, 6.45) is 7.94. The number of aromatic nitrogens is 2. The molecule has 1 aromatic carbocycles. The predicted molar refractivity (Wildman–Crippen MR) is 96.4 cm³/mol. The summed E-state index contributed by atoms with van der Waals surface area (Å²) in [4.78, 5) is 27.2.